The lowest BCUT2D eigenvalue weighted by atomic mass is 10.7. The lowest BCUT2D eigenvalue weighted by Gasteiger charge is -1.87. The number of rotatable bonds is 1. The normalized spacial score (nSPS) is 11.8. The van der Waals surface area contributed by atoms with Gasteiger partial charge in [-0.15, -0.1) is 0 Å². The Labute approximate surface area is 62.2 Å². The summed E-state index contributed by atoms with van der Waals surface area (Å²) in [5.41, 5.74) is 0. The minimum Gasteiger partial charge on any atom is -0.451 e. The van der Waals surface area contributed by atoms with Gasteiger partial charge in [-0.3, -0.25) is 4.55 Å². The molecular weight excluding hydrogens is 180 g/mol. The Hall–Kier alpha value is -0.520. The van der Waals surface area contributed by atoms with Gasteiger partial charge >= 0.3 is 0 Å². The van der Waals surface area contributed by atoms with Crippen LogP contribution in [0.4, 0.5) is 0 Å². The van der Waals surface area contributed by atoms with Crippen LogP contribution in [0.3, 0.4) is 0 Å². The molecule has 6 heteroatoms. The SMILES string of the molecule is O=S(=O)(O)c1ccoc1Cl. The molecule has 1 rings (SSSR count). The Morgan fingerprint density at radius 2 is 2.20 bits per heavy atom. The van der Waals surface area contributed by atoms with Crippen molar-refractivity contribution in [1.29, 1.82) is 0 Å². The summed E-state index contributed by atoms with van der Waals surface area (Å²) < 4.78 is 33.5. The number of halogens is 1. The van der Waals surface area contributed by atoms with Gasteiger partial charge in [-0.2, -0.15) is 8.42 Å². The molecule has 1 aromatic rings. The van der Waals surface area contributed by atoms with E-state index >= 15 is 0 Å². The summed E-state index contributed by atoms with van der Waals surface area (Å²) in [6.45, 7) is 0. The summed E-state index contributed by atoms with van der Waals surface area (Å²) in [4.78, 5) is -0.408. The molecule has 0 bridgehead atoms. The summed E-state index contributed by atoms with van der Waals surface area (Å²) in [5.74, 6) is 0. The maximum absolute atomic E-state index is 10.3. The minimum absolute atomic E-state index is 0.331. The van der Waals surface area contributed by atoms with E-state index in [1.165, 1.54) is 0 Å². The third kappa shape index (κ3) is 1.31. The van der Waals surface area contributed by atoms with Gasteiger partial charge in [-0.1, -0.05) is 0 Å². The molecule has 0 atom stereocenters. The van der Waals surface area contributed by atoms with Crippen molar-refractivity contribution < 1.29 is 17.4 Å². The molecule has 4 nitrogen and oxygen atoms in total. The maximum Gasteiger partial charge on any atom is 0.299 e. The first-order chi connectivity index (χ1) is 4.52. The van der Waals surface area contributed by atoms with Crippen LogP contribution in [0.15, 0.2) is 21.6 Å². The molecule has 0 unspecified atom stereocenters. The van der Waals surface area contributed by atoms with E-state index in [0.29, 0.717) is 0 Å². The topological polar surface area (TPSA) is 67.5 Å². The highest BCUT2D eigenvalue weighted by Crippen LogP contribution is 2.20. The Balaban J connectivity index is 3.32. The molecule has 0 radical (unpaired) electrons. The fraction of sp³-hybridized carbons (Fsp3) is 0. The van der Waals surface area contributed by atoms with Gasteiger partial charge in [0.2, 0.25) is 5.22 Å². The smallest absolute Gasteiger partial charge is 0.299 e. The predicted molar refractivity (Wildman–Crippen MR) is 33.5 cm³/mol. The van der Waals surface area contributed by atoms with E-state index < -0.39 is 15.0 Å². The van der Waals surface area contributed by atoms with Crippen LogP contribution >= 0.6 is 11.6 Å². The molecule has 56 valence electrons. The largest absolute Gasteiger partial charge is 0.451 e. The van der Waals surface area contributed by atoms with E-state index in [9.17, 15) is 8.42 Å². The summed E-state index contributed by atoms with van der Waals surface area (Å²) >= 11 is 5.22. The van der Waals surface area contributed by atoms with Gasteiger partial charge in [0.25, 0.3) is 10.1 Å². The summed E-state index contributed by atoms with van der Waals surface area (Å²) in [6, 6.07) is 1.07. The van der Waals surface area contributed by atoms with Crippen molar-refractivity contribution >= 4 is 21.7 Å². The third-order valence-electron chi connectivity index (χ3n) is 0.863. The Morgan fingerprint density at radius 3 is 2.40 bits per heavy atom. The molecule has 0 amide bonds. The van der Waals surface area contributed by atoms with Crippen LogP contribution in [0.2, 0.25) is 5.22 Å². The fourth-order valence-corrected chi connectivity index (χ4v) is 1.35. The van der Waals surface area contributed by atoms with Crippen LogP contribution in [0.5, 0.6) is 0 Å². The summed E-state index contributed by atoms with van der Waals surface area (Å²) in [7, 11) is -4.22. The van der Waals surface area contributed by atoms with Crippen LogP contribution < -0.4 is 0 Å². The van der Waals surface area contributed by atoms with Gasteiger partial charge in [0, 0.05) is 0 Å². The van der Waals surface area contributed by atoms with Gasteiger partial charge in [0.15, 0.2) is 4.90 Å². The van der Waals surface area contributed by atoms with Gasteiger partial charge in [0.05, 0.1) is 6.26 Å². The second-order valence-corrected chi connectivity index (χ2v) is 3.27. The number of hydrogen-bond acceptors (Lipinski definition) is 3. The molecule has 0 saturated carbocycles. The van der Waals surface area contributed by atoms with Crippen molar-refractivity contribution in [3.63, 3.8) is 0 Å². The Kier molecular flexibility index (Phi) is 1.72. The second-order valence-electron chi connectivity index (χ2n) is 1.53. The molecular formula is C4H3ClO4S. The molecule has 1 N–H and O–H groups in total. The van der Waals surface area contributed by atoms with Crippen LogP contribution in [0.25, 0.3) is 0 Å². The molecule has 0 aromatic carbocycles. The second kappa shape index (κ2) is 2.26. The quantitative estimate of drug-likeness (QED) is 0.663. The lowest BCUT2D eigenvalue weighted by molar-refractivity contribution is 0.480. The van der Waals surface area contributed by atoms with Crippen molar-refractivity contribution in [1.82, 2.24) is 0 Å². The van der Waals surface area contributed by atoms with E-state index in [2.05, 4.69) is 4.42 Å². The molecule has 10 heavy (non-hydrogen) atoms. The van der Waals surface area contributed by atoms with Crippen molar-refractivity contribution in [2.24, 2.45) is 0 Å². The van der Waals surface area contributed by atoms with Crippen molar-refractivity contribution in [3.05, 3.63) is 17.5 Å². The van der Waals surface area contributed by atoms with Crippen molar-refractivity contribution in [2.45, 2.75) is 4.90 Å². The standard InChI is InChI=1S/C4H3ClO4S/c5-4-3(1-2-9-4)10(6,7)8/h1-2H,(H,6,7,8). The zero-order valence-corrected chi connectivity index (χ0v) is 6.19. The van der Waals surface area contributed by atoms with Crippen molar-refractivity contribution in [3.8, 4) is 0 Å². The minimum atomic E-state index is -4.22. The highest BCUT2D eigenvalue weighted by atomic mass is 35.5. The van der Waals surface area contributed by atoms with Gasteiger partial charge in [-0.05, 0) is 17.7 Å². The lowest BCUT2D eigenvalue weighted by Crippen LogP contribution is -1.95. The highest BCUT2D eigenvalue weighted by molar-refractivity contribution is 7.86. The van der Waals surface area contributed by atoms with Crippen LogP contribution in [0, 0.1) is 0 Å². The van der Waals surface area contributed by atoms with Gasteiger partial charge in [0.1, 0.15) is 0 Å². The molecule has 0 aliphatic rings. The first-order valence-electron chi connectivity index (χ1n) is 2.22. The number of furan rings is 1. The van der Waals surface area contributed by atoms with E-state index in [-0.39, 0.29) is 5.22 Å². The summed E-state index contributed by atoms with van der Waals surface area (Å²) in [6.07, 6.45) is 1.07. The van der Waals surface area contributed by atoms with Crippen LogP contribution in [-0.4, -0.2) is 13.0 Å². The molecule has 0 aliphatic heterocycles. The first-order valence-corrected chi connectivity index (χ1v) is 4.04. The molecule has 0 saturated heterocycles. The van der Waals surface area contributed by atoms with E-state index in [4.69, 9.17) is 16.2 Å². The number of hydrogen-bond donors (Lipinski definition) is 1. The highest BCUT2D eigenvalue weighted by Gasteiger charge is 2.16. The monoisotopic (exact) mass is 182 g/mol. The predicted octanol–water partition coefficient (Wildman–Crippen LogP) is 1.18. The van der Waals surface area contributed by atoms with E-state index in [1.54, 1.807) is 0 Å². The maximum atomic E-state index is 10.3. The fourth-order valence-electron chi connectivity index (χ4n) is 0.467. The molecule has 0 spiro atoms. The average molecular weight is 183 g/mol. The van der Waals surface area contributed by atoms with E-state index in [1.807, 2.05) is 0 Å². The van der Waals surface area contributed by atoms with Crippen LogP contribution in [0.1, 0.15) is 0 Å². The van der Waals surface area contributed by atoms with Crippen LogP contribution in [-0.2, 0) is 10.1 Å². The van der Waals surface area contributed by atoms with Gasteiger partial charge in [-0.25, -0.2) is 0 Å². The summed E-state index contributed by atoms with van der Waals surface area (Å²) in [5, 5.41) is -0.331. The Morgan fingerprint density at radius 1 is 1.60 bits per heavy atom. The average Bonchev–Trinajstić information content (AvgIpc) is 2.11. The van der Waals surface area contributed by atoms with E-state index in [0.717, 1.165) is 12.3 Å². The van der Waals surface area contributed by atoms with Crippen molar-refractivity contribution in [2.75, 3.05) is 0 Å². The molecule has 0 fully saturated rings. The Bertz CT molecular complexity index is 325. The third-order valence-corrected chi connectivity index (χ3v) is 2.14. The molecule has 1 heterocycles. The zero-order valence-electron chi connectivity index (χ0n) is 4.61. The molecule has 0 aliphatic carbocycles. The molecule has 1 aromatic heterocycles. The zero-order chi connectivity index (χ0) is 7.78. The first kappa shape index (κ1) is 7.59. The van der Waals surface area contributed by atoms with Gasteiger partial charge < -0.3 is 4.42 Å².